The molecule has 2 fully saturated rings. The topological polar surface area (TPSA) is 29.5 Å². The number of aliphatic hydroxyl groups is 1. The first-order valence-electron chi connectivity index (χ1n) is 7.14. The molecule has 1 aromatic rings. The zero-order valence-electron chi connectivity index (χ0n) is 11.1. The summed E-state index contributed by atoms with van der Waals surface area (Å²) in [6, 6.07) is 6.26. The lowest BCUT2D eigenvalue weighted by Crippen LogP contribution is -2.10. The van der Waals surface area contributed by atoms with Crippen LogP contribution in [-0.4, -0.2) is 12.2 Å². The zero-order chi connectivity index (χ0) is 12.6. The van der Waals surface area contributed by atoms with Crippen molar-refractivity contribution in [1.29, 1.82) is 0 Å². The molecule has 1 N–H and O–H groups in total. The van der Waals surface area contributed by atoms with Crippen molar-refractivity contribution in [2.24, 2.45) is 0 Å². The minimum Gasteiger partial charge on any atom is -0.496 e. The van der Waals surface area contributed by atoms with E-state index < -0.39 is 5.60 Å². The molecule has 0 amide bonds. The molecule has 18 heavy (non-hydrogen) atoms. The van der Waals surface area contributed by atoms with Crippen molar-refractivity contribution >= 4 is 0 Å². The van der Waals surface area contributed by atoms with E-state index in [1.165, 1.54) is 37.7 Å². The molecule has 2 aliphatic rings. The molecular formula is C16H22O2. The number of ether oxygens (including phenoxy) is 1. The molecule has 0 atom stereocenters. The molecule has 0 saturated heterocycles. The van der Waals surface area contributed by atoms with Crippen LogP contribution in [0.1, 0.15) is 62.0 Å². The van der Waals surface area contributed by atoms with Gasteiger partial charge in [0.05, 0.1) is 12.7 Å². The van der Waals surface area contributed by atoms with Gasteiger partial charge in [-0.25, -0.2) is 0 Å². The molecule has 2 saturated carbocycles. The second-order valence-electron chi connectivity index (χ2n) is 5.82. The first-order chi connectivity index (χ1) is 8.73. The Hall–Kier alpha value is -1.02. The minimum atomic E-state index is -0.532. The van der Waals surface area contributed by atoms with Gasteiger partial charge >= 0.3 is 0 Å². The average molecular weight is 246 g/mol. The number of rotatable bonds is 3. The van der Waals surface area contributed by atoms with E-state index in [2.05, 4.69) is 6.07 Å². The highest BCUT2D eigenvalue weighted by Crippen LogP contribution is 2.47. The minimum absolute atomic E-state index is 0.532. The fourth-order valence-electron chi connectivity index (χ4n) is 3.16. The summed E-state index contributed by atoms with van der Waals surface area (Å²) in [6.45, 7) is 0. The van der Waals surface area contributed by atoms with Gasteiger partial charge in [-0.2, -0.15) is 0 Å². The van der Waals surface area contributed by atoms with Gasteiger partial charge in [-0.05, 0) is 54.9 Å². The first-order valence-corrected chi connectivity index (χ1v) is 7.14. The first kappa shape index (κ1) is 12.0. The van der Waals surface area contributed by atoms with E-state index in [0.29, 0.717) is 5.92 Å². The van der Waals surface area contributed by atoms with E-state index in [-0.39, 0.29) is 0 Å². The number of hydrogen-bond donors (Lipinski definition) is 1. The van der Waals surface area contributed by atoms with Crippen LogP contribution < -0.4 is 4.74 Å². The summed E-state index contributed by atoms with van der Waals surface area (Å²) < 4.78 is 5.50. The zero-order valence-corrected chi connectivity index (χ0v) is 11.1. The Kier molecular flexibility index (Phi) is 3.06. The smallest absolute Gasteiger partial charge is 0.122 e. The second-order valence-corrected chi connectivity index (χ2v) is 5.82. The van der Waals surface area contributed by atoms with Gasteiger partial charge < -0.3 is 9.84 Å². The number of hydrogen-bond acceptors (Lipinski definition) is 2. The highest BCUT2D eigenvalue weighted by Gasteiger charge is 2.42. The van der Waals surface area contributed by atoms with Crippen LogP contribution in [0, 0.1) is 0 Å². The molecule has 1 aromatic carbocycles. The third-order valence-electron chi connectivity index (χ3n) is 4.54. The summed E-state index contributed by atoms with van der Waals surface area (Å²) in [5, 5.41) is 10.2. The SMILES string of the molecule is COc1ccc(C2(O)CC2)cc1C1CCCCC1. The van der Waals surface area contributed by atoms with Gasteiger partial charge in [0.15, 0.2) is 0 Å². The molecule has 2 nitrogen and oxygen atoms in total. The summed E-state index contributed by atoms with van der Waals surface area (Å²) in [5.41, 5.74) is 1.87. The van der Waals surface area contributed by atoms with E-state index in [1.54, 1.807) is 7.11 Å². The highest BCUT2D eigenvalue weighted by atomic mass is 16.5. The van der Waals surface area contributed by atoms with E-state index in [0.717, 1.165) is 24.2 Å². The predicted octanol–water partition coefficient (Wildman–Crippen LogP) is 3.72. The standard InChI is InChI=1S/C16H22O2/c1-18-15-8-7-13(16(17)9-10-16)11-14(15)12-5-3-2-4-6-12/h7-8,11-12,17H,2-6,9-10H2,1H3. The molecule has 0 aliphatic heterocycles. The van der Waals surface area contributed by atoms with Gasteiger partial charge in [0.1, 0.15) is 5.75 Å². The Balaban J connectivity index is 1.93. The molecule has 98 valence electrons. The van der Waals surface area contributed by atoms with Crippen LogP contribution in [0.15, 0.2) is 18.2 Å². The van der Waals surface area contributed by atoms with Crippen LogP contribution in [0.3, 0.4) is 0 Å². The van der Waals surface area contributed by atoms with E-state index >= 15 is 0 Å². The van der Waals surface area contributed by atoms with Crippen molar-refractivity contribution < 1.29 is 9.84 Å². The monoisotopic (exact) mass is 246 g/mol. The van der Waals surface area contributed by atoms with E-state index in [1.807, 2.05) is 12.1 Å². The van der Waals surface area contributed by atoms with Crippen molar-refractivity contribution in [3.63, 3.8) is 0 Å². The summed E-state index contributed by atoms with van der Waals surface area (Å²) >= 11 is 0. The van der Waals surface area contributed by atoms with Crippen LogP contribution in [0.4, 0.5) is 0 Å². The second kappa shape index (κ2) is 4.58. The largest absolute Gasteiger partial charge is 0.496 e. The van der Waals surface area contributed by atoms with Crippen molar-refractivity contribution in [1.82, 2.24) is 0 Å². The van der Waals surface area contributed by atoms with Gasteiger partial charge in [0, 0.05) is 0 Å². The third-order valence-corrected chi connectivity index (χ3v) is 4.54. The summed E-state index contributed by atoms with van der Waals surface area (Å²) in [6.07, 6.45) is 8.34. The molecule has 3 rings (SSSR count). The van der Waals surface area contributed by atoms with Crippen LogP contribution in [0.2, 0.25) is 0 Å². The quantitative estimate of drug-likeness (QED) is 0.880. The van der Waals surface area contributed by atoms with Crippen molar-refractivity contribution in [2.75, 3.05) is 7.11 Å². The molecule has 0 aromatic heterocycles. The summed E-state index contributed by atoms with van der Waals surface area (Å²) in [4.78, 5) is 0. The normalized spacial score (nSPS) is 22.8. The maximum atomic E-state index is 10.2. The Morgan fingerprint density at radius 3 is 2.50 bits per heavy atom. The van der Waals surface area contributed by atoms with Gasteiger partial charge in [-0.15, -0.1) is 0 Å². The van der Waals surface area contributed by atoms with Crippen LogP contribution in [0.25, 0.3) is 0 Å². The lowest BCUT2D eigenvalue weighted by atomic mass is 9.82. The lowest BCUT2D eigenvalue weighted by Gasteiger charge is -2.25. The van der Waals surface area contributed by atoms with Gasteiger partial charge in [0.2, 0.25) is 0 Å². The molecule has 0 unspecified atom stereocenters. The fraction of sp³-hybridized carbons (Fsp3) is 0.625. The maximum Gasteiger partial charge on any atom is 0.122 e. The van der Waals surface area contributed by atoms with E-state index in [4.69, 9.17) is 4.74 Å². The van der Waals surface area contributed by atoms with Crippen LogP contribution in [-0.2, 0) is 5.60 Å². The Morgan fingerprint density at radius 2 is 1.89 bits per heavy atom. The number of benzene rings is 1. The molecule has 0 spiro atoms. The maximum absolute atomic E-state index is 10.2. The molecule has 0 heterocycles. The van der Waals surface area contributed by atoms with E-state index in [9.17, 15) is 5.11 Å². The van der Waals surface area contributed by atoms with Crippen LogP contribution >= 0.6 is 0 Å². The van der Waals surface area contributed by atoms with Gasteiger partial charge in [0.25, 0.3) is 0 Å². The Morgan fingerprint density at radius 1 is 1.17 bits per heavy atom. The molecule has 0 radical (unpaired) electrons. The Labute approximate surface area is 109 Å². The molecule has 2 aliphatic carbocycles. The predicted molar refractivity (Wildman–Crippen MR) is 72.0 cm³/mol. The van der Waals surface area contributed by atoms with Crippen molar-refractivity contribution in [2.45, 2.75) is 56.5 Å². The van der Waals surface area contributed by atoms with Crippen molar-refractivity contribution in [3.05, 3.63) is 29.3 Å². The third kappa shape index (κ3) is 2.14. The van der Waals surface area contributed by atoms with Gasteiger partial charge in [-0.3, -0.25) is 0 Å². The Bertz CT molecular complexity index is 429. The van der Waals surface area contributed by atoms with Crippen molar-refractivity contribution in [3.8, 4) is 5.75 Å². The molecule has 2 heteroatoms. The summed E-state index contributed by atoms with van der Waals surface area (Å²) in [5.74, 6) is 1.62. The fourth-order valence-corrected chi connectivity index (χ4v) is 3.16. The average Bonchev–Trinajstić information content (AvgIpc) is 3.18. The summed E-state index contributed by atoms with van der Waals surface area (Å²) in [7, 11) is 1.74. The molecule has 0 bridgehead atoms. The highest BCUT2D eigenvalue weighted by molar-refractivity contribution is 5.43. The molecular weight excluding hydrogens is 224 g/mol. The van der Waals surface area contributed by atoms with Crippen LogP contribution in [0.5, 0.6) is 5.75 Å². The lowest BCUT2D eigenvalue weighted by molar-refractivity contribution is 0.151. The number of methoxy groups -OCH3 is 1. The van der Waals surface area contributed by atoms with Gasteiger partial charge in [-0.1, -0.05) is 25.3 Å².